The van der Waals surface area contributed by atoms with Crippen molar-refractivity contribution in [3.63, 3.8) is 0 Å². The summed E-state index contributed by atoms with van der Waals surface area (Å²) in [5, 5.41) is 12.2. The molecule has 0 aliphatic rings. The smallest absolute Gasteiger partial charge is 0.223 e. The monoisotopic (exact) mass is 393 g/mol. The zero-order valence-electron chi connectivity index (χ0n) is 17.0. The average molecular weight is 393 g/mol. The molecule has 0 atom stereocenters. The lowest BCUT2D eigenvalue weighted by Gasteiger charge is -2.27. The Balaban J connectivity index is 2.33. The van der Waals surface area contributed by atoms with Gasteiger partial charge in [0.05, 0.1) is 18.7 Å². The van der Waals surface area contributed by atoms with Crippen LogP contribution in [0.2, 0.25) is 0 Å². The summed E-state index contributed by atoms with van der Waals surface area (Å²) in [6, 6.07) is 5.52. The second-order valence-electron chi connectivity index (χ2n) is 6.75. The third kappa shape index (κ3) is 5.48. The van der Waals surface area contributed by atoms with Gasteiger partial charge in [0.2, 0.25) is 5.95 Å². The molecule has 0 aromatic carbocycles. The first-order chi connectivity index (χ1) is 13.8. The Labute approximate surface area is 170 Å². The van der Waals surface area contributed by atoms with Crippen LogP contribution < -0.4 is 10.1 Å². The molecule has 0 aliphatic heterocycles. The van der Waals surface area contributed by atoms with Gasteiger partial charge in [-0.1, -0.05) is 13.5 Å². The number of nitrogens with zero attached hydrogens (tertiary/aromatic N) is 4. The van der Waals surface area contributed by atoms with Gasteiger partial charge in [-0.15, -0.1) is 0 Å². The van der Waals surface area contributed by atoms with Crippen molar-refractivity contribution in [1.82, 2.24) is 15.0 Å². The highest BCUT2D eigenvalue weighted by Gasteiger charge is 2.26. The Morgan fingerprint density at radius 3 is 2.62 bits per heavy atom. The van der Waals surface area contributed by atoms with E-state index in [0.29, 0.717) is 29.4 Å². The first kappa shape index (κ1) is 21.8. The maximum absolute atomic E-state index is 14.5. The summed E-state index contributed by atoms with van der Waals surface area (Å²) in [4.78, 5) is 13.0. The number of hydrogen-bond donors (Lipinski definition) is 1. The lowest BCUT2D eigenvalue weighted by atomic mass is 9.99. The number of nitriles is 1. The molecule has 0 aliphatic carbocycles. The summed E-state index contributed by atoms with van der Waals surface area (Å²) in [5.74, 6) is 0.546. The second kappa shape index (κ2) is 9.60. The van der Waals surface area contributed by atoms with Gasteiger partial charge in [0.15, 0.2) is 0 Å². The highest BCUT2D eigenvalue weighted by atomic mass is 19.1. The maximum Gasteiger partial charge on any atom is 0.223 e. The van der Waals surface area contributed by atoms with Crippen molar-refractivity contribution in [2.45, 2.75) is 32.7 Å². The van der Waals surface area contributed by atoms with Gasteiger partial charge in [-0.2, -0.15) is 5.26 Å². The summed E-state index contributed by atoms with van der Waals surface area (Å²) >= 11 is 0. The van der Waals surface area contributed by atoms with Gasteiger partial charge in [-0.25, -0.2) is 14.4 Å². The second-order valence-corrected chi connectivity index (χ2v) is 6.75. The van der Waals surface area contributed by atoms with E-state index in [0.717, 1.165) is 0 Å². The summed E-state index contributed by atoms with van der Waals surface area (Å²) in [6.45, 7) is 9.28. The van der Waals surface area contributed by atoms with Gasteiger partial charge in [-0.3, -0.25) is 4.98 Å². The van der Waals surface area contributed by atoms with Crippen LogP contribution in [-0.4, -0.2) is 22.1 Å². The average Bonchev–Trinajstić information content (AvgIpc) is 2.72. The van der Waals surface area contributed by atoms with Crippen LogP contribution in [0.25, 0.3) is 5.57 Å². The number of rotatable bonds is 8. The molecule has 0 bridgehead atoms. The molecule has 2 heterocycles. The van der Waals surface area contributed by atoms with E-state index in [4.69, 9.17) is 10.00 Å². The zero-order valence-corrected chi connectivity index (χ0v) is 17.0. The first-order valence-electron chi connectivity index (χ1n) is 9.09. The van der Waals surface area contributed by atoms with Gasteiger partial charge in [0.1, 0.15) is 17.3 Å². The molecule has 29 heavy (non-hydrogen) atoms. The van der Waals surface area contributed by atoms with Crippen molar-refractivity contribution < 1.29 is 9.13 Å². The molecule has 0 fully saturated rings. The zero-order chi connectivity index (χ0) is 21.4. The van der Waals surface area contributed by atoms with Crippen LogP contribution >= 0.6 is 0 Å². The molecule has 1 N–H and O–H groups in total. The Hall–Kier alpha value is -3.53. The van der Waals surface area contributed by atoms with E-state index in [1.165, 1.54) is 24.5 Å². The van der Waals surface area contributed by atoms with E-state index in [1.54, 1.807) is 19.4 Å². The molecule has 0 unspecified atom stereocenters. The Morgan fingerprint density at radius 2 is 2.03 bits per heavy atom. The Bertz CT molecular complexity index is 971. The fraction of sp³-hybridized carbons (Fsp3) is 0.273. The van der Waals surface area contributed by atoms with Crippen molar-refractivity contribution >= 4 is 11.5 Å². The number of nitrogens with one attached hydrogen (secondary N) is 1. The topological polar surface area (TPSA) is 83.7 Å². The van der Waals surface area contributed by atoms with Crippen molar-refractivity contribution in [1.29, 1.82) is 5.26 Å². The lowest BCUT2D eigenvalue weighted by molar-refractivity contribution is 0.393. The molecular formula is C22H24FN5O. The minimum absolute atomic E-state index is 0.144. The molecular weight excluding hydrogens is 369 g/mol. The van der Waals surface area contributed by atoms with Crippen LogP contribution in [0.5, 0.6) is 5.75 Å². The number of ether oxygens (including phenoxy) is 1. The lowest BCUT2D eigenvalue weighted by Crippen LogP contribution is -2.30. The van der Waals surface area contributed by atoms with Gasteiger partial charge in [0.25, 0.3) is 0 Å². The van der Waals surface area contributed by atoms with Crippen LogP contribution in [0.1, 0.15) is 38.4 Å². The summed E-state index contributed by atoms with van der Waals surface area (Å²) in [5.41, 5.74) is 0.899. The van der Waals surface area contributed by atoms with E-state index < -0.39 is 11.4 Å². The van der Waals surface area contributed by atoms with E-state index in [9.17, 15) is 4.39 Å². The minimum atomic E-state index is -0.616. The van der Waals surface area contributed by atoms with Crippen LogP contribution in [0.3, 0.4) is 0 Å². The summed E-state index contributed by atoms with van der Waals surface area (Å²) < 4.78 is 19.9. The number of anilines is 1. The molecule has 0 radical (unpaired) electrons. The fourth-order valence-electron chi connectivity index (χ4n) is 2.68. The fourth-order valence-corrected chi connectivity index (χ4v) is 2.68. The summed E-state index contributed by atoms with van der Waals surface area (Å²) in [6.07, 6.45) is 8.02. The highest BCUT2D eigenvalue weighted by Crippen LogP contribution is 2.30. The molecule has 0 amide bonds. The van der Waals surface area contributed by atoms with Gasteiger partial charge < -0.3 is 10.1 Å². The number of halogens is 1. The van der Waals surface area contributed by atoms with Crippen molar-refractivity contribution in [3.8, 4) is 11.8 Å². The normalized spacial score (nSPS) is 12.3. The third-order valence-corrected chi connectivity index (χ3v) is 4.07. The molecule has 0 saturated carbocycles. The third-order valence-electron chi connectivity index (χ3n) is 4.07. The van der Waals surface area contributed by atoms with E-state index in [1.807, 2.05) is 32.9 Å². The molecule has 0 spiro atoms. The van der Waals surface area contributed by atoms with Crippen molar-refractivity contribution in [2.24, 2.45) is 0 Å². The number of allylic oxidation sites excluding steroid dienone is 5. The first-order valence-corrected chi connectivity index (χ1v) is 9.09. The van der Waals surface area contributed by atoms with Crippen LogP contribution in [0, 0.1) is 11.3 Å². The predicted octanol–water partition coefficient (Wildman–Crippen LogP) is 4.95. The van der Waals surface area contributed by atoms with E-state index >= 15 is 0 Å². The number of methoxy groups -OCH3 is 1. The summed E-state index contributed by atoms with van der Waals surface area (Å²) in [7, 11) is 1.59. The van der Waals surface area contributed by atoms with Crippen molar-refractivity contribution in [3.05, 3.63) is 72.1 Å². The van der Waals surface area contributed by atoms with Gasteiger partial charge >= 0.3 is 0 Å². The number of pyridine rings is 1. The number of hydrogen-bond acceptors (Lipinski definition) is 6. The largest absolute Gasteiger partial charge is 0.495 e. The minimum Gasteiger partial charge on any atom is -0.495 e. The van der Waals surface area contributed by atoms with Crippen LogP contribution in [0.15, 0.2) is 60.9 Å². The molecule has 0 saturated heterocycles. The molecule has 2 rings (SSSR count). The van der Waals surface area contributed by atoms with Gasteiger partial charge in [0, 0.05) is 35.3 Å². The molecule has 2 aromatic rings. The SMILES string of the molecule is C=C(C#N)/C=C(\C(F)=C/CC)c1cnc(NC(C)(C)c2ncccc2OC)nc1. The Morgan fingerprint density at radius 1 is 1.34 bits per heavy atom. The number of aromatic nitrogens is 3. The molecule has 150 valence electrons. The van der Waals surface area contributed by atoms with E-state index in [2.05, 4.69) is 26.8 Å². The molecule has 6 nitrogen and oxygen atoms in total. The predicted molar refractivity (Wildman–Crippen MR) is 112 cm³/mol. The Kier molecular flexibility index (Phi) is 7.21. The van der Waals surface area contributed by atoms with Crippen LogP contribution in [0.4, 0.5) is 10.3 Å². The van der Waals surface area contributed by atoms with Gasteiger partial charge in [-0.05, 0) is 44.6 Å². The standard InChI is InChI=1S/C22H24FN5O/c1-6-8-18(23)17(11-15(2)12-24)16-13-26-21(27-14-16)28-22(3,4)20-19(29-5)9-7-10-25-20/h7-11,13-14H,2,6H2,1,3-5H3,(H,26,27,28)/b17-11-,18-8+. The quantitative estimate of drug-likeness (QED) is 0.504. The molecule has 2 aromatic heterocycles. The maximum atomic E-state index is 14.5. The molecule has 7 heteroatoms. The van der Waals surface area contributed by atoms with Crippen LogP contribution in [-0.2, 0) is 5.54 Å². The highest BCUT2D eigenvalue weighted by molar-refractivity contribution is 5.79. The van der Waals surface area contributed by atoms with Crippen molar-refractivity contribution in [2.75, 3.05) is 12.4 Å². The van der Waals surface area contributed by atoms with E-state index in [-0.39, 0.29) is 11.1 Å².